The van der Waals surface area contributed by atoms with E-state index in [1.807, 2.05) is 6.07 Å². The summed E-state index contributed by atoms with van der Waals surface area (Å²) in [6.07, 6.45) is 1.72. The average Bonchev–Trinajstić information content (AvgIpc) is 2.32. The molecule has 1 aliphatic rings. The van der Waals surface area contributed by atoms with E-state index in [0.29, 0.717) is 24.8 Å². The summed E-state index contributed by atoms with van der Waals surface area (Å²) in [6, 6.07) is 3.17. The van der Waals surface area contributed by atoms with E-state index in [2.05, 4.69) is 15.2 Å². The van der Waals surface area contributed by atoms with E-state index in [9.17, 15) is 4.79 Å². The van der Waals surface area contributed by atoms with Crippen LogP contribution in [0.15, 0.2) is 18.3 Å². The number of carboxylic acid groups (broad SMARTS) is 1. The molecular weight excluding hydrogens is 242 g/mol. The summed E-state index contributed by atoms with van der Waals surface area (Å²) >= 11 is 5.71. The van der Waals surface area contributed by atoms with Gasteiger partial charge in [-0.15, -0.1) is 0 Å². The number of pyridine rings is 1. The van der Waals surface area contributed by atoms with E-state index in [1.54, 1.807) is 12.3 Å². The van der Waals surface area contributed by atoms with Gasteiger partial charge >= 0.3 is 5.97 Å². The highest BCUT2D eigenvalue weighted by Crippen LogP contribution is 2.09. The quantitative estimate of drug-likeness (QED) is 0.774. The second-order valence-electron chi connectivity index (χ2n) is 4.07. The normalized spacial score (nSPS) is 21.4. The van der Waals surface area contributed by atoms with Crippen molar-refractivity contribution in [2.24, 2.45) is 0 Å². The smallest absolute Gasteiger partial charge is 0.322 e. The first-order valence-electron chi connectivity index (χ1n) is 5.44. The predicted octanol–water partition coefficient (Wildman–Crippen LogP) is 0.593. The Morgan fingerprint density at radius 1 is 1.65 bits per heavy atom. The van der Waals surface area contributed by atoms with Gasteiger partial charge in [0.25, 0.3) is 0 Å². The minimum Gasteiger partial charge on any atom is -0.480 e. The van der Waals surface area contributed by atoms with Crippen LogP contribution in [0.4, 0.5) is 0 Å². The summed E-state index contributed by atoms with van der Waals surface area (Å²) in [7, 11) is 0. The number of hydrogen-bond acceptors (Lipinski definition) is 4. The molecule has 17 heavy (non-hydrogen) atoms. The van der Waals surface area contributed by atoms with Crippen LogP contribution in [0.25, 0.3) is 0 Å². The molecule has 2 rings (SSSR count). The van der Waals surface area contributed by atoms with Crippen LogP contribution >= 0.6 is 11.6 Å². The summed E-state index contributed by atoms with van der Waals surface area (Å²) in [6.45, 7) is 2.75. The summed E-state index contributed by atoms with van der Waals surface area (Å²) < 4.78 is 0. The average molecular weight is 256 g/mol. The zero-order valence-corrected chi connectivity index (χ0v) is 10.0. The molecule has 1 aromatic heterocycles. The Kier molecular flexibility index (Phi) is 3.93. The molecular formula is C11H14ClN3O2. The van der Waals surface area contributed by atoms with Crippen molar-refractivity contribution in [2.75, 3.05) is 19.6 Å². The number of hydrogen-bond donors (Lipinski definition) is 2. The highest BCUT2D eigenvalue weighted by Gasteiger charge is 2.24. The van der Waals surface area contributed by atoms with Crippen LogP contribution in [-0.4, -0.2) is 46.6 Å². The molecule has 0 aromatic carbocycles. The van der Waals surface area contributed by atoms with E-state index in [0.717, 1.165) is 12.1 Å². The van der Waals surface area contributed by atoms with Crippen LogP contribution in [0.2, 0.25) is 5.15 Å². The van der Waals surface area contributed by atoms with Crippen molar-refractivity contribution in [1.82, 2.24) is 15.2 Å². The maximum Gasteiger partial charge on any atom is 0.322 e. The van der Waals surface area contributed by atoms with Gasteiger partial charge in [-0.05, 0) is 11.6 Å². The van der Waals surface area contributed by atoms with Crippen LogP contribution in [0, 0.1) is 0 Å². The predicted molar refractivity (Wildman–Crippen MR) is 64.0 cm³/mol. The van der Waals surface area contributed by atoms with Crippen molar-refractivity contribution in [3.8, 4) is 0 Å². The number of nitrogens with zero attached hydrogens (tertiary/aromatic N) is 2. The third-order valence-corrected chi connectivity index (χ3v) is 2.98. The van der Waals surface area contributed by atoms with E-state index < -0.39 is 12.0 Å². The van der Waals surface area contributed by atoms with Gasteiger partial charge < -0.3 is 10.4 Å². The van der Waals surface area contributed by atoms with E-state index >= 15 is 0 Å². The molecule has 0 unspecified atom stereocenters. The maximum atomic E-state index is 10.9. The lowest BCUT2D eigenvalue weighted by Gasteiger charge is -2.31. The lowest BCUT2D eigenvalue weighted by Crippen LogP contribution is -2.53. The molecule has 0 saturated carbocycles. The lowest BCUT2D eigenvalue weighted by atomic mass is 10.2. The van der Waals surface area contributed by atoms with Gasteiger partial charge in [-0.1, -0.05) is 17.7 Å². The summed E-state index contributed by atoms with van der Waals surface area (Å²) in [5, 5.41) is 12.4. The third-order valence-electron chi connectivity index (χ3n) is 2.75. The van der Waals surface area contributed by atoms with E-state index in [-0.39, 0.29) is 0 Å². The van der Waals surface area contributed by atoms with Gasteiger partial charge in [0.1, 0.15) is 11.2 Å². The van der Waals surface area contributed by atoms with Gasteiger partial charge in [0.15, 0.2) is 0 Å². The molecule has 1 fully saturated rings. The van der Waals surface area contributed by atoms with Crippen molar-refractivity contribution in [1.29, 1.82) is 0 Å². The fraction of sp³-hybridized carbons (Fsp3) is 0.455. The standard InChI is InChI=1S/C11H14ClN3O2/c12-10-2-1-8(5-14-10)6-15-4-3-13-9(7-15)11(16)17/h1-2,5,9,13H,3-4,6-7H2,(H,16,17)/t9-/m1/s1. The SMILES string of the molecule is O=C(O)[C@H]1CN(Cc2ccc(Cl)nc2)CCN1. The van der Waals surface area contributed by atoms with Gasteiger partial charge in [-0.2, -0.15) is 0 Å². The molecule has 6 heteroatoms. The Labute approximate surface area is 104 Å². The van der Waals surface area contributed by atoms with Crippen molar-refractivity contribution in [3.63, 3.8) is 0 Å². The van der Waals surface area contributed by atoms with Crippen LogP contribution < -0.4 is 5.32 Å². The zero-order valence-electron chi connectivity index (χ0n) is 9.27. The molecule has 2 N–H and O–H groups in total. The topological polar surface area (TPSA) is 65.5 Å². The molecule has 1 saturated heterocycles. The minimum atomic E-state index is -0.802. The van der Waals surface area contributed by atoms with Crippen LogP contribution in [0.1, 0.15) is 5.56 Å². The molecule has 1 atom stereocenters. The molecule has 0 spiro atoms. The highest BCUT2D eigenvalue weighted by molar-refractivity contribution is 6.29. The van der Waals surface area contributed by atoms with Gasteiger partial charge in [0.05, 0.1) is 0 Å². The largest absolute Gasteiger partial charge is 0.480 e. The molecule has 0 radical (unpaired) electrons. The van der Waals surface area contributed by atoms with Crippen LogP contribution in [-0.2, 0) is 11.3 Å². The Bertz CT molecular complexity index is 396. The summed E-state index contributed by atoms with van der Waals surface area (Å²) in [4.78, 5) is 17.0. The van der Waals surface area contributed by atoms with Crippen LogP contribution in [0.3, 0.4) is 0 Å². The van der Waals surface area contributed by atoms with Gasteiger partial charge in [0, 0.05) is 32.4 Å². The number of aromatic nitrogens is 1. The Morgan fingerprint density at radius 2 is 2.47 bits per heavy atom. The molecule has 1 aromatic rings. The Balaban J connectivity index is 1.94. The van der Waals surface area contributed by atoms with Gasteiger partial charge in [-0.25, -0.2) is 4.98 Å². The molecule has 5 nitrogen and oxygen atoms in total. The number of carboxylic acids is 1. The fourth-order valence-corrected chi connectivity index (χ4v) is 1.99. The summed E-state index contributed by atoms with van der Waals surface area (Å²) in [5.41, 5.74) is 1.04. The summed E-state index contributed by atoms with van der Waals surface area (Å²) in [5.74, 6) is -0.802. The van der Waals surface area contributed by atoms with E-state index in [1.165, 1.54) is 0 Å². The number of halogens is 1. The van der Waals surface area contributed by atoms with Gasteiger partial charge in [0.2, 0.25) is 0 Å². The number of rotatable bonds is 3. The van der Waals surface area contributed by atoms with E-state index in [4.69, 9.17) is 16.7 Å². The second-order valence-corrected chi connectivity index (χ2v) is 4.46. The number of piperazine rings is 1. The first kappa shape index (κ1) is 12.3. The second kappa shape index (κ2) is 5.44. The third kappa shape index (κ3) is 3.39. The first-order valence-corrected chi connectivity index (χ1v) is 5.82. The monoisotopic (exact) mass is 255 g/mol. The molecule has 0 amide bonds. The number of aliphatic carboxylic acids is 1. The van der Waals surface area contributed by atoms with Crippen molar-refractivity contribution >= 4 is 17.6 Å². The van der Waals surface area contributed by atoms with Crippen LogP contribution in [0.5, 0.6) is 0 Å². The van der Waals surface area contributed by atoms with Crippen molar-refractivity contribution in [2.45, 2.75) is 12.6 Å². The molecule has 1 aliphatic heterocycles. The number of nitrogens with one attached hydrogen (secondary N) is 1. The fourth-order valence-electron chi connectivity index (χ4n) is 1.88. The molecule has 0 bridgehead atoms. The number of carbonyl (C=O) groups is 1. The van der Waals surface area contributed by atoms with Crippen molar-refractivity contribution < 1.29 is 9.90 Å². The Morgan fingerprint density at radius 3 is 3.12 bits per heavy atom. The molecule has 0 aliphatic carbocycles. The zero-order chi connectivity index (χ0) is 12.3. The lowest BCUT2D eigenvalue weighted by molar-refractivity contribution is -0.140. The molecule has 92 valence electrons. The van der Waals surface area contributed by atoms with Crippen molar-refractivity contribution in [3.05, 3.63) is 29.0 Å². The Hall–Kier alpha value is -1.17. The first-order chi connectivity index (χ1) is 8.15. The van der Waals surface area contributed by atoms with Gasteiger partial charge in [-0.3, -0.25) is 9.69 Å². The molecule has 2 heterocycles. The minimum absolute atomic E-state index is 0.470. The maximum absolute atomic E-state index is 10.9. The highest BCUT2D eigenvalue weighted by atomic mass is 35.5.